The molecule has 0 saturated carbocycles. The quantitative estimate of drug-likeness (QED) is 0.601. The summed E-state index contributed by atoms with van der Waals surface area (Å²) in [6.45, 7) is 0.235. The molecule has 0 saturated heterocycles. The Morgan fingerprint density at radius 1 is 1.17 bits per heavy atom. The summed E-state index contributed by atoms with van der Waals surface area (Å²) in [6, 6.07) is 13.2. The second-order valence-electron chi connectivity index (χ2n) is 5.00. The molecule has 0 atom stereocenters. The smallest absolute Gasteiger partial charge is 0.339 e. The minimum atomic E-state index is -0.324. The van der Waals surface area contributed by atoms with Crippen LogP contribution in [0.4, 0.5) is 0 Å². The third-order valence-corrected chi connectivity index (χ3v) is 4.77. The van der Waals surface area contributed by atoms with E-state index in [1.807, 2.05) is 48.7 Å². The van der Waals surface area contributed by atoms with Crippen LogP contribution in [0, 0.1) is 0 Å². The zero-order valence-corrected chi connectivity index (χ0v) is 14.3. The summed E-state index contributed by atoms with van der Waals surface area (Å²) in [4.78, 5) is 13.3. The van der Waals surface area contributed by atoms with Crippen molar-refractivity contribution < 1.29 is 14.3 Å². The molecular formula is C18H15ClO3S. The largest absolute Gasteiger partial charge is 0.497 e. The second kappa shape index (κ2) is 6.69. The molecule has 1 aliphatic heterocycles. The normalized spacial score (nSPS) is 14.1. The Morgan fingerprint density at radius 3 is 2.52 bits per heavy atom. The number of hydrogen-bond acceptors (Lipinski definition) is 4. The molecule has 0 amide bonds. The lowest BCUT2D eigenvalue weighted by Crippen LogP contribution is -1.98. The average Bonchev–Trinajstić information content (AvgIpc) is 2.96. The van der Waals surface area contributed by atoms with Gasteiger partial charge in [-0.25, -0.2) is 4.79 Å². The van der Waals surface area contributed by atoms with Gasteiger partial charge in [0.05, 0.1) is 12.7 Å². The maximum atomic E-state index is 12.2. The van der Waals surface area contributed by atoms with Crippen LogP contribution in [-0.2, 0) is 9.53 Å². The van der Waals surface area contributed by atoms with Crippen LogP contribution >= 0.6 is 23.4 Å². The molecule has 2 aromatic rings. The SMILES string of the molecule is COc1ccc(C2=C(c3ccc(SC)cc3Cl)COC2=O)cc1. The van der Waals surface area contributed by atoms with Gasteiger partial charge in [0, 0.05) is 21.1 Å². The topological polar surface area (TPSA) is 35.5 Å². The van der Waals surface area contributed by atoms with E-state index < -0.39 is 0 Å². The van der Waals surface area contributed by atoms with E-state index in [9.17, 15) is 4.79 Å². The molecule has 3 rings (SSSR count). The minimum absolute atomic E-state index is 0.235. The van der Waals surface area contributed by atoms with E-state index in [-0.39, 0.29) is 12.6 Å². The number of esters is 1. The van der Waals surface area contributed by atoms with Crippen LogP contribution in [0.25, 0.3) is 11.1 Å². The van der Waals surface area contributed by atoms with Crippen LogP contribution in [-0.4, -0.2) is 25.9 Å². The first-order chi connectivity index (χ1) is 11.1. The molecule has 0 radical (unpaired) electrons. The highest BCUT2D eigenvalue weighted by molar-refractivity contribution is 7.98. The Kier molecular flexibility index (Phi) is 4.64. The molecule has 2 aromatic carbocycles. The van der Waals surface area contributed by atoms with Gasteiger partial charge >= 0.3 is 5.97 Å². The first kappa shape index (κ1) is 16.0. The number of methoxy groups -OCH3 is 1. The van der Waals surface area contributed by atoms with Gasteiger partial charge in [-0.2, -0.15) is 0 Å². The molecule has 23 heavy (non-hydrogen) atoms. The summed E-state index contributed by atoms with van der Waals surface area (Å²) < 4.78 is 10.4. The van der Waals surface area contributed by atoms with Gasteiger partial charge in [-0.05, 0) is 36.1 Å². The number of rotatable bonds is 4. The van der Waals surface area contributed by atoms with E-state index in [1.54, 1.807) is 18.9 Å². The molecule has 0 unspecified atom stereocenters. The highest BCUT2D eigenvalue weighted by Crippen LogP contribution is 2.37. The summed E-state index contributed by atoms with van der Waals surface area (Å²) in [6.07, 6.45) is 2.00. The third-order valence-electron chi connectivity index (χ3n) is 3.73. The Labute approximate surface area is 144 Å². The number of thioether (sulfide) groups is 1. The summed E-state index contributed by atoms with van der Waals surface area (Å²) in [5, 5.41) is 0.621. The Morgan fingerprint density at radius 2 is 1.91 bits per heavy atom. The Hall–Kier alpha value is -1.91. The van der Waals surface area contributed by atoms with Crippen LogP contribution in [0.1, 0.15) is 11.1 Å². The maximum absolute atomic E-state index is 12.2. The molecule has 0 aromatic heterocycles. The van der Waals surface area contributed by atoms with Gasteiger partial charge in [0.1, 0.15) is 12.4 Å². The zero-order chi connectivity index (χ0) is 16.4. The van der Waals surface area contributed by atoms with Crippen molar-refractivity contribution in [1.82, 2.24) is 0 Å². The molecule has 0 aliphatic carbocycles. The fourth-order valence-electron chi connectivity index (χ4n) is 2.53. The summed E-state index contributed by atoms with van der Waals surface area (Å²) in [5.74, 6) is 0.416. The minimum Gasteiger partial charge on any atom is -0.497 e. The van der Waals surface area contributed by atoms with Crippen molar-refractivity contribution in [2.75, 3.05) is 20.0 Å². The van der Waals surface area contributed by atoms with Crippen LogP contribution < -0.4 is 4.74 Å². The predicted molar refractivity (Wildman–Crippen MR) is 94.0 cm³/mol. The van der Waals surface area contributed by atoms with Gasteiger partial charge in [0.25, 0.3) is 0 Å². The van der Waals surface area contributed by atoms with Crippen LogP contribution in [0.15, 0.2) is 47.4 Å². The van der Waals surface area contributed by atoms with Crippen molar-refractivity contribution in [2.24, 2.45) is 0 Å². The molecular weight excluding hydrogens is 332 g/mol. The van der Waals surface area contributed by atoms with Crippen molar-refractivity contribution in [1.29, 1.82) is 0 Å². The number of carbonyl (C=O) groups excluding carboxylic acids is 1. The maximum Gasteiger partial charge on any atom is 0.339 e. The van der Waals surface area contributed by atoms with E-state index in [2.05, 4.69) is 0 Å². The van der Waals surface area contributed by atoms with Gasteiger partial charge < -0.3 is 9.47 Å². The van der Waals surface area contributed by atoms with Crippen LogP contribution in [0.3, 0.4) is 0 Å². The number of cyclic esters (lactones) is 1. The monoisotopic (exact) mass is 346 g/mol. The molecule has 1 aliphatic rings. The van der Waals surface area contributed by atoms with E-state index in [0.717, 1.165) is 27.3 Å². The molecule has 1 heterocycles. The van der Waals surface area contributed by atoms with Gasteiger partial charge in [0.15, 0.2) is 0 Å². The third kappa shape index (κ3) is 3.09. The number of ether oxygens (including phenoxy) is 2. The second-order valence-corrected chi connectivity index (χ2v) is 6.29. The van der Waals surface area contributed by atoms with Gasteiger partial charge in [-0.1, -0.05) is 29.8 Å². The molecule has 3 nitrogen and oxygen atoms in total. The van der Waals surface area contributed by atoms with Crippen molar-refractivity contribution in [3.63, 3.8) is 0 Å². The first-order valence-corrected chi connectivity index (χ1v) is 8.63. The van der Waals surface area contributed by atoms with Crippen molar-refractivity contribution in [3.8, 4) is 5.75 Å². The first-order valence-electron chi connectivity index (χ1n) is 7.02. The van der Waals surface area contributed by atoms with Gasteiger partial charge in [-0.15, -0.1) is 11.8 Å². The summed E-state index contributed by atoms with van der Waals surface area (Å²) in [7, 11) is 1.61. The molecule has 5 heteroatoms. The summed E-state index contributed by atoms with van der Waals surface area (Å²) in [5.41, 5.74) is 3.01. The van der Waals surface area contributed by atoms with E-state index in [1.165, 1.54) is 0 Å². The predicted octanol–water partition coefficient (Wildman–Crippen LogP) is 4.54. The van der Waals surface area contributed by atoms with E-state index >= 15 is 0 Å². The molecule has 0 spiro atoms. The molecule has 0 bridgehead atoms. The molecule has 0 fully saturated rings. The Bertz CT molecular complexity index is 781. The lowest BCUT2D eigenvalue weighted by molar-refractivity contribution is -0.133. The average molecular weight is 347 g/mol. The lowest BCUT2D eigenvalue weighted by atomic mass is 9.96. The van der Waals surface area contributed by atoms with Gasteiger partial charge in [0.2, 0.25) is 0 Å². The van der Waals surface area contributed by atoms with Crippen LogP contribution in [0.5, 0.6) is 5.75 Å². The fourth-order valence-corrected chi connectivity index (χ4v) is 3.33. The van der Waals surface area contributed by atoms with Crippen LogP contribution in [0.2, 0.25) is 5.02 Å². The summed E-state index contributed by atoms with van der Waals surface area (Å²) >= 11 is 8.03. The highest BCUT2D eigenvalue weighted by atomic mass is 35.5. The fraction of sp³-hybridized carbons (Fsp3) is 0.167. The Balaban J connectivity index is 2.10. The van der Waals surface area contributed by atoms with E-state index in [0.29, 0.717) is 10.6 Å². The van der Waals surface area contributed by atoms with Crippen molar-refractivity contribution >= 4 is 40.5 Å². The molecule has 118 valence electrons. The number of halogens is 1. The van der Waals surface area contributed by atoms with Crippen molar-refractivity contribution in [2.45, 2.75) is 4.90 Å². The van der Waals surface area contributed by atoms with E-state index in [4.69, 9.17) is 21.1 Å². The molecule has 0 N–H and O–H groups in total. The van der Waals surface area contributed by atoms with Crippen molar-refractivity contribution in [3.05, 3.63) is 58.6 Å². The highest BCUT2D eigenvalue weighted by Gasteiger charge is 2.28. The standard InChI is InChI=1S/C18H15ClO3S/c1-21-12-5-3-11(4-6-12)17-15(10-22-18(17)20)14-8-7-13(23-2)9-16(14)19/h3-9H,10H2,1-2H3. The van der Waals surface area contributed by atoms with Gasteiger partial charge in [-0.3, -0.25) is 0 Å². The lowest BCUT2D eigenvalue weighted by Gasteiger charge is -2.08. The zero-order valence-electron chi connectivity index (χ0n) is 12.8. The number of carbonyl (C=O) groups is 1. The number of hydrogen-bond donors (Lipinski definition) is 0. The number of benzene rings is 2.